The first kappa shape index (κ1) is 58.7. The van der Waals surface area contributed by atoms with Crippen LogP contribution < -0.4 is 14.9 Å². The Morgan fingerprint density at radius 2 is 1.43 bits per heavy atom. The van der Waals surface area contributed by atoms with Crippen LogP contribution in [-0.2, 0) is 33.5 Å². The lowest BCUT2D eigenvalue weighted by atomic mass is 9.73. The SMILES string of the molecule is CCOP(=O)(CCN1CCN(CC[C@H](CSc2ccccc2)Nc2ccc(S(=O)(=O)NC(=O)c3ccc(N4CCN(CC5=C(c6ccc(Cl)cc6)CCC(C)(C)C5)CC4)cc3)cc2S(=O)(=O)C(F)(F)F)CC1)OCC. The topological polar surface area (TPSA) is 158 Å². The average Bonchev–Trinajstić information content (AvgIpc) is 3.37. The van der Waals surface area contributed by atoms with Crippen LogP contribution in [0.1, 0.15) is 69.3 Å². The Kier molecular flexibility index (Phi) is 20.1. The molecule has 14 nitrogen and oxygen atoms in total. The van der Waals surface area contributed by atoms with Gasteiger partial charge in [-0.25, -0.2) is 21.6 Å². The molecule has 4 aromatic rings. The smallest absolute Gasteiger partial charge is 0.380 e. The van der Waals surface area contributed by atoms with Gasteiger partial charge in [-0.1, -0.05) is 61.4 Å². The number of hydrogen-bond donors (Lipinski definition) is 2. The van der Waals surface area contributed by atoms with Crippen molar-refractivity contribution in [2.45, 2.75) is 79.6 Å². The number of benzene rings is 4. The Morgan fingerprint density at radius 1 is 0.813 bits per heavy atom. The highest BCUT2D eigenvalue weighted by Crippen LogP contribution is 2.48. The van der Waals surface area contributed by atoms with Crippen molar-refractivity contribution in [2.24, 2.45) is 5.41 Å². The molecule has 2 saturated heterocycles. The van der Waals surface area contributed by atoms with Crippen LogP contribution in [0, 0.1) is 5.41 Å². The van der Waals surface area contributed by atoms with Crippen molar-refractivity contribution in [3.63, 3.8) is 0 Å². The molecule has 1 aliphatic carbocycles. The molecule has 2 N–H and O–H groups in total. The van der Waals surface area contributed by atoms with Crippen LogP contribution in [0.3, 0.4) is 0 Å². The fourth-order valence-electron chi connectivity index (χ4n) is 9.73. The fourth-order valence-corrected chi connectivity index (χ4v) is 14.5. The van der Waals surface area contributed by atoms with Crippen molar-refractivity contribution < 1.29 is 48.4 Å². The maximum Gasteiger partial charge on any atom is 0.501 e. The summed E-state index contributed by atoms with van der Waals surface area (Å²) in [6.07, 6.45) is 3.78. The average molecular weight is 1140 g/mol. The van der Waals surface area contributed by atoms with E-state index >= 15 is 0 Å². The predicted molar refractivity (Wildman–Crippen MR) is 293 cm³/mol. The summed E-state index contributed by atoms with van der Waals surface area (Å²) in [4.78, 5) is 21.2. The van der Waals surface area contributed by atoms with E-state index in [0.717, 1.165) is 74.7 Å². The summed E-state index contributed by atoms with van der Waals surface area (Å²) < 4.78 is 123. The van der Waals surface area contributed by atoms with E-state index in [4.69, 9.17) is 20.6 Å². The number of sulfonamides is 1. The third-order valence-electron chi connectivity index (χ3n) is 13.9. The first-order valence-corrected chi connectivity index (χ1v) is 31.5. The number of sulfone groups is 1. The molecule has 0 aromatic heterocycles. The van der Waals surface area contributed by atoms with Gasteiger partial charge in [0, 0.05) is 105 Å². The molecular formula is C53H69ClF3N6O8PS3. The lowest BCUT2D eigenvalue weighted by Crippen LogP contribution is -2.48. The molecule has 0 radical (unpaired) electrons. The zero-order chi connectivity index (χ0) is 54.0. The standard InChI is InChI=1S/C53H69ClF3N6O8PS3/c1-5-70-72(65,71-6-2)35-34-61-28-26-60(27-29-61)25-23-44(39-73-46-10-8-7-9-11-46)58-49-21-20-47(36-50(49)74(66,67)53(55,56)57)75(68,69)59-51(64)41-14-18-45(19-15-41)63-32-30-62(31-33-63)38-42-37-52(3,4)24-22-48(42)40-12-16-43(54)17-13-40/h7-21,36,44,58H,5-6,22-35,37-39H2,1-4H3,(H,59,64)/t44-/m1/s1. The quantitative estimate of drug-likeness (QED) is 0.0534. The minimum absolute atomic E-state index is 0.0156. The molecule has 0 saturated carbocycles. The second kappa shape index (κ2) is 25.7. The molecule has 2 aliphatic heterocycles. The van der Waals surface area contributed by atoms with Gasteiger partial charge in [-0.2, -0.15) is 13.2 Å². The van der Waals surface area contributed by atoms with Gasteiger partial charge in [0.1, 0.15) is 4.90 Å². The number of piperazine rings is 2. The normalized spacial score (nSPS) is 18.0. The summed E-state index contributed by atoms with van der Waals surface area (Å²) in [7, 11) is -14.2. The molecule has 75 heavy (non-hydrogen) atoms. The number of amides is 1. The molecular weight excluding hydrogens is 1070 g/mol. The van der Waals surface area contributed by atoms with Crippen molar-refractivity contribution in [1.82, 2.24) is 19.4 Å². The van der Waals surface area contributed by atoms with E-state index in [0.29, 0.717) is 62.5 Å². The van der Waals surface area contributed by atoms with Gasteiger partial charge in [-0.3, -0.25) is 14.3 Å². The van der Waals surface area contributed by atoms with Crippen LogP contribution in [0.2, 0.25) is 5.02 Å². The van der Waals surface area contributed by atoms with Crippen LogP contribution in [0.5, 0.6) is 0 Å². The number of alkyl halides is 3. The highest BCUT2D eigenvalue weighted by atomic mass is 35.5. The number of carbonyl (C=O) groups is 1. The maximum atomic E-state index is 14.4. The van der Waals surface area contributed by atoms with Crippen molar-refractivity contribution in [2.75, 3.05) is 107 Å². The second-order valence-corrected chi connectivity index (χ2v) is 27.2. The van der Waals surface area contributed by atoms with Crippen molar-refractivity contribution in [1.29, 1.82) is 0 Å². The summed E-state index contributed by atoms with van der Waals surface area (Å²) >= 11 is 7.64. The van der Waals surface area contributed by atoms with Gasteiger partial charge in [0.05, 0.1) is 30.0 Å². The second-order valence-electron chi connectivity index (χ2n) is 19.9. The molecule has 1 atom stereocenters. The third-order valence-corrected chi connectivity index (χ3v) is 20.2. The minimum atomic E-state index is -6.11. The van der Waals surface area contributed by atoms with Gasteiger partial charge in [0.2, 0.25) is 0 Å². The van der Waals surface area contributed by atoms with E-state index in [-0.39, 0.29) is 30.4 Å². The number of hydrogen-bond acceptors (Lipinski definition) is 14. The van der Waals surface area contributed by atoms with Crippen LogP contribution >= 0.6 is 31.0 Å². The molecule has 4 aromatic carbocycles. The van der Waals surface area contributed by atoms with E-state index in [1.54, 1.807) is 26.0 Å². The van der Waals surface area contributed by atoms with E-state index in [1.165, 1.54) is 40.6 Å². The van der Waals surface area contributed by atoms with Gasteiger partial charge in [-0.05, 0) is 123 Å². The number of carbonyl (C=O) groups excluding carboxylic acids is 1. The molecule has 0 bridgehead atoms. The third kappa shape index (κ3) is 16.1. The summed E-state index contributed by atoms with van der Waals surface area (Å²) in [5, 5.41) is 3.73. The van der Waals surface area contributed by atoms with Crippen LogP contribution in [0.25, 0.3) is 5.57 Å². The predicted octanol–water partition coefficient (Wildman–Crippen LogP) is 10.4. The van der Waals surface area contributed by atoms with Crippen LogP contribution in [-0.4, -0.2) is 146 Å². The molecule has 7 rings (SSSR count). The van der Waals surface area contributed by atoms with E-state index in [2.05, 4.69) is 50.9 Å². The van der Waals surface area contributed by atoms with E-state index in [9.17, 15) is 39.4 Å². The fraction of sp³-hybridized carbons (Fsp3) is 0.491. The first-order valence-electron chi connectivity index (χ1n) is 25.4. The summed E-state index contributed by atoms with van der Waals surface area (Å²) in [5.41, 5.74) is -1.13. The van der Waals surface area contributed by atoms with Crippen molar-refractivity contribution in [3.05, 3.63) is 119 Å². The number of thioether (sulfide) groups is 1. The summed E-state index contributed by atoms with van der Waals surface area (Å²) in [6, 6.07) is 25.6. The lowest BCUT2D eigenvalue weighted by molar-refractivity contribution is -0.0436. The molecule has 2 heterocycles. The number of allylic oxidation sites excluding steroid dienone is 1. The molecule has 0 spiro atoms. The van der Waals surface area contributed by atoms with E-state index < -0.39 is 60.4 Å². The van der Waals surface area contributed by atoms with Gasteiger partial charge < -0.3 is 29.1 Å². The highest BCUT2D eigenvalue weighted by molar-refractivity contribution is 7.99. The lowest BCUT2D eigenvalue weighted by Gasteiger charge is -2.39. The maximum absolute atomic E-state index is 14.4. The Balaban J connectivity index is 0.998. The Labute approximate surface area is 450 Å². The zero-order valence-electron chi connectivity index (χ0n) is 43.0. The summed E-state index contributed by atoms with van der Waals surface area (Å²) in [6.45, 7) is 16.3. The van der Waals surface area contributed by atoms with Gasteiger partial charge in [0.15, 0.2) is 0 Å². The molecule has 1 amide bonds. The number of halogens is 4. The molecule has 410 valence electrons. The van der Waals surface area contributed by atoms with Crippen LogP contribution in [0.4, 0.5) is 24.5 Å². The highest BCUT2D eigenvalue weighted by Gasteiger charge is 2.48. The van der Waals surface area contributed by atoms with Gasteiger partial charge in [0.25, 0.3) is 25.8 Å². The van der Waals surface area contributed by atoms with Crippen molar-refractivity contribution in [3.8, 4) is 0 Å². The molecule has 3 aliphatic rings. The molecule has 2 fully saturated rings. The molecule has 0 unspecified atom stereocenters. The van der Waals surface area contributed by atoms with Gasteiger partial charge >= 0.3 is 13.1 Å². The van der Waals surface area contributed by atoms with Gasteiger partial charge in [-0.15, -0.1) is 11.8 Å². The van der Waals surface area contributed by atoms with Crippen LogP contribution in [0.15, 0.2) is 117 Å². The Bertz CT molecular complexity index is 2860. The van der Waals surface area contributed by atoms with Crippen molar-refractivity contribution >= 4 is 73.7 Å². The Hall–Kier alpha value is -3.95. The summed E-state index contributed by atoms with van der Waals surface area (Å²) in [5.74, 6) is -0.710. The monoisotopic (exact) mass is 1140 g/mol. The molecule has 22 heteroatoms. The largest absolute Gasteiger partial charge is 0.501 e. The number of rotatable bonds is 23. The minimum Gasteiger partial charge on any atom is -0.380 e. The number of nitrogens with one attached hydrogen (secondary N) is 2. The number of nitrogens with zero attached hydrogens (tertiary/aromatic N) is 4. The number of anilines is 2. The Morgan fingerprint density at radius 3 is 2.04 bits per heavy atom. The van der Waals surface area contributed by atoms with E-state index in [1.807, 2.05) is 47.2 Å². The zero-order valence-corrected chi connectivity index (χ0v) is 47.1. The first-order chi connectivity index (χ1) is 35.6.